The van der Waals surface area contributed by atoms with Gasteiger partial charge in [0, 0.05) is 23.5 Å². The highest BCUT2D eigenvalue weighted by Gasteiger charge is 2.29. The third-order valence-electron chi connectivity index (χ3n) is 3.81. The molecule has 0 aliphatic carbocycles. The third kappa shape index (κ3) is 4.61. The van der Waals surface area contributed by atoms with Crippen molar-refractivity contribution in [1.82, 2.24) is 9.97 Å². The van der Waals surface area contributed by atoms with E-state index in [1.807, 2.05) is 0 Å². The lowest BCUT2D eigenvalue weighted by Gasteiger charge is -2.12. The molecule has 0 unspecified atom stereocenters. The molecule has 0 atom stereocenters. The summed E-state index contributed by atoms with van der Waals surface area (Å²) >= 11 is 0. The van der Waals surface area contributed by atoms with Crippen molar-refractivity contribution < 1.29 is 22.6 Å². The van der Waals surface area contributed by atoms with Gasteiger partial charge in [-0.1, -0.05) is 0 Å². The Kier molecular flexibility index (Phi) is 5.53. The van der Waals surface area contributed by atoms with Crippen molar-refractivity contribution in [3.05, 3.63) is 60.4 Å². The number of alkyl halides is 3. The Hall–Kier alpha value is -3.49. The van der Waals surface area contributed by atoms with E-state index in [1.165, 1.54) is 18.5 Å². The lowest BCUT2D eigenvalue weighted by molar-refractivity contribution is -0.137. The van der Waals surface area contributed by atoms with Crippen LogP contribution in [0.25, 0.3) is 0 Å². The number of nitrogens with one attached hydrogen (secondary N) is 2. The predicted molar refractivity (Wildman–Crippen MR) is 99.6 cm³/mol. The van der Waals surface area contributed by atoms with Gasteiger partial charge in [-0.3, -0.25) is 0 Å². The fourth-order valence-corrected chi connectivity index (χ4v) is 2.45. The first-order chi connectivity index (χ1) is 13.4. The van der Waals surface area contributed by atoms with Gasteiger partial charge in [-0.15, -0.1) is 0 Å². The molecule has 9 heteroatoms. The molecule has 0 fully saturated rings. The molecule has 3 aromatic rings. The molecule has 0 bridgehead atoms. The van der Waals surface area contributed by atoms with Gasteiger partial charge in [-0.2, -0.15) is 13.2 Å². The van der Waals surface area contributed by atoms with Gasteiger partial charge in [-0.05, 0) is 36.4 Å². The molecule has 0 radical (unpaired) electrons. The molecular weight excluding hydrogens is 373 g/mol. The Morgan fingerprint density at radius 1 is 0.750 bits per heavy atom. The first-order valence-corrected chi connectivity index (χ1v) is 8.14. The lowest BCUT2D eigenvalue weighted by atomic mass is 10.2. The summed E-state index contributed by atoms with van der Waals surface area (Å²) in [6.07, 6.45) is -3.03. The van der Waals surface area contributed by atoms with E-state index in [0.717, 1.165) is 17.8 Å². The van der Waals surface area contributed by atoms with Crippen LogP contribution >= 0.6 is 0 Å². The molecular formula is C19H17F3N4O2. The zero-order valence-electron chi connectivity index (χ0n) is 15.0. The second-order valence-electron chi connectivity index (χ2n) is 5.68. The van der Waals surface area contributed by atoms with Crippen molar-refractivity contribution in [2.75, 3.05) is 24.9 Å². The van der Waals surface area contributed by atoms with Crippen LogP contribution in [-0.2, 0) is 6.18 Å². The van der Waals surface area contributed by atoms with Crippen LogP contribution in [0.1, 0.15) is 5.56 Å². The summed E-state index contributed by atoms with van der Waals surface area (Å²) in [6.45, 7) is 0. The number of aromatic nitrogens is 2. The van der Waals surface area contributed by atoms with E-state index in [9.17, 15) is 13.2 Å². The first-order valence-electron chi connectivity index (χ1n) is 8.14. The summed E-state index contributed by atoms with van der Waals surface area (Å²) < 4.78 is 48.4. The molecule has 0 spiro atoms. The standard InChI is InChI=1S/C19H17F3N4O2/c1-27-15-8-7-14(9-16(15)28-2)26-18-10-17(23-11-24-18)25-13-5-3-12(4-6-13)19(20,21)22/h3-11H,1-2H3,(H2,23,24,25,26). The Balaban J connectivity index is 1.74. The highest BCUT2D eigenvalue weighted by molar-refractivity contribution is 5.65. The summed E-state index contributed by atoms with van der Waals surface area (Å²) in [5.74, 6) is 2.08. The quantitative estimate of drug-likeness (QED) is 0.617. The molecule has 0 saturated heterocycles. The van der Waals surface area contributed by atoms with Crippen LogP contribution in [0.15, 0.2) is 54.9 Å². The zero-order valence-corrected chi connectivity index (χ0v) is 15.0. The van der Waals surface area contributed by atoms with Crippen LogP contribution in [-0.4, -0.2) is 24.2 Å². The van der Waals surface area contributed by atoms with Gasteiger partial charge in [0.05, 0.1) is 19.8 Å². The zero-order chi connectivity index (χ0) is 20.1. The van der Waals surface area contributed by atoms with Crippen molar-refractivity contribution in [1.29, 1.82) is 0 Å². The second kappa shape index (κ2) is 8.03. The molecule has 0 saturated carbocycles. The van der Waals surface area contributed by atoms with Gasteiger partial charge in [0.1, 0.15) is 18.0 Å². The maximum absolute atomic E-state index is 12.6. The van der Waals surface area contributed by atoms with Crippen molar-refractivity contribution in [3.8, 4) is 11.5 Å². The van der Waals surface area contributed by atoms with E-state index >= 15 is 0 Å². The SMILES string of the molecule is COc1ccc(Nc2cc(Nc3ccc(C(F)(F)F)cc3)ncn2)cc1OC. The maximum atomic E-state index is 12.6. The molecule has 2 aromatic carbocycles. The monoisotopic (exact) mass is 390 g/mol. The Morgan fingerprint density at radius 3 is 1.89 bits per heavy atom. The fraction of sp³-hybridized carbons (Fsp3) is 0.158. The fourth-order valence-electron chi connectivity index (χ4n) is 2.45. The van der Waals surface area contributed by atoms with Crippen LogP contribution in [0.5, 0.6) is 11.5 Å². The van der Waals surface area contributed by atoms with Crippen molar-refractivity contribution in [2.24, 2.45) is 0 Å². The first kappa shape index (κ1) is 19.3. The Bertz CT molecular complexity index is 947. The van der Waals surface area contributed by atoms with Crippen molar-refractivity contribution in [2.45, 2.75) is 6.18 Å². The Labute approximate surface area is 159 Å². The van der Waals surface area contributed by atoms with Crippen LogP contribution in [0, 0.1) is 0 Å². The highest BCUT2D eigenvalue weighted by atomic mass is 19.4. The number of hydrogen-bond acceptors (Lipinski definition) is 6. The molecule has 28 heavy (non-hydrogen) atoms. The summed E-state index contributed by atoms with van der Waals surface area (Å²) in [6, 6.07) is 11.6. The summed E-state index contributed by atoms with van der Waals surface area (Å²) in [5, 5.41) is 6.06. The van der Waals surface area contributed by atoms with Gasteiger partial charge in [0.25, 0.3) is 0 Å². The molecule has 0 aliphatic heterocycles. The van der Waals surface area contributed by atoms with Crippen LogP contribution in [0.2, 0.25) is 0 Å². The highest BCUT2D eigenvalue weighted by Crippen LogP contribution is 2.32. The van der Waals surface area contributed by atoms with Crippen LogP contribution in [0.4, 0.5) is 36.2 Å². The lowest BCUT2D eigenvalue weighted by Crippen LogP contribution is -2.04. The molecule has 6 nitrogen and oxygen atoms in total. The van der Waals surface area contributed by atoms with Gasteiger partial charge >= 0.3 is 6.18 Å². The minimum Gasteiger partial charge on any atom is -0.493 e. The largest absolute Gasteiger partial charge is 0.493 e. The third-order valence-corrected chi connectivity index (χ3v) is 3.81. The van der Waals surface area contributed by atoms with Crippen molar-refractivity contribution in [3.63, 3.8) is 0 Å². The smallest absolute Gasteiger partial charge is 0.416 e. The number of hydrogen-bond donors (Lipinski definition) is 2. The second-order valence-corrected chi connectivity index (χ2v) is 5.68. The molecule has 0 amide bonds. The maximum Gasteiger partial charge on any atom is 0.416 e. The molecule has 146 valence electrons. The normalized spacial score (nSPS) is 11.0. The van der Waals surface area contributed by atoms with E-state index in [2.05, 4.69) is 20.6 Å². The number of anilines is 4. The average Bonchev–Trinajstić information content (AvgIpc) is 2.68. The minimum absolute atomic E-state index is 0.428. The van der Waals surface area contributed by atoms with E-state index in [-0.39, 0.29) is 0 Å². The van der Waals surface area contributed by atoms with Gasteiger partial charge in [0.15, 0.2) is 11.5 Å². The summed E-state index contributed by atoms with van der Waals surface area (Å²) in [4.78, 5) is 8.22. The number of halogens is 3. The van der Waals surface area contributed by atoms with E-state index in [4.69, 9.17) is 9.47 Å². The van der Waals surface area contributed by atoms with E-state index in [1.54, 1.807) is 38.5 Å². The molecule has 1 aromatic heterocycles. The number of benzene rings is 2. The molecule has 0 aliphatic rings. The number of nitrogens with zero attached hydrogens (tertiary/aromatic N) is 2. The van der Waals surface area contributed by atoms with Crippen LogP contribution in [0.3, 0.4) is 0 Å². The molecule has 3 rings (SSSR count). The molecule has 1 heterocycles. The predicted octanol–water partition coefficient (Wildman–Crippen LogP) is 5.00. The van der Waals surface area contributed by atoms with Gasteiger partial charge in [-0.25, -0.2) is 9.97 Å². The van der Waals surface area contributed by atoms with Gasteiger partial charge < -0.3 is 20.1 Å². The minimum atomic E-state index is -4.37. The summed E-state index contributed by atoms with van der Waals surface area (Å²) in [5.41, 5.74) is 0.483. The number of rotatable bonds is 6. The van der Waals surface area contributed by atoms with Crippen LogP contribution < -0.4 is 20.1 Å². The van der Waals surface area contributed by atoms with E-state index in [0.29, 0.717) is 28.8 Å². The Morgan fingerprint density at radius 2 is 1.32 bits per heavy atom. The van der Waals surface area contributed by atoms with Gasteiger partial charge in [0.2, 0.25) is 0 Å². The summed E-state index contributed by atoms with van der Waals surface area (Å²) in [7, 11) is 3.09. The number of methoxy groups -OCH3 is 2. The molecule has 2 N–H and O–H groups in total. The van der Waals surface area contributed by atoms with E-state index < -0.39 is 11.7 Å². The topological polar surface area (TPSA) is 68.3 Å². The van der Waals surface area contributed by atoms with Crippen molar-refractivity contribution >= 4 is 23.0 Å². The average molecular weight is 390 g/mol. The number of ether oxygens (including phenoxy) is 2.